The van der Waals surface area contributed by atoms with Gasteiger partial charge in [-0.3, -0.25) is 9.59 Å². The van der Waals surface area contributed by atoms with E-state index in [1.807, 2.05) is 19.9 Å². The first-order chi connectivity index (χ1) is 10.0. The number of hydrogen-bond acceptors (Lipinski definition) is 5. The predicted molar refractivity (Wildman–Crippen MR) is 80.5 cm³/mol. The van der Waals surface area contributed by atoms with E-state index >= 15 is 0 Å². The van der Waals surface area contributed by atoms with E-state index in [1.54, 1.807) is 12.5 Å². The van der Waals surface area contributed by atoms with Crippen LogP contribution in [0.3, 0.4) is 0 Å². The predicted octanol–water partition coefficient (Wildman–Crippen LogP) is 1.52. The van der Waals surface area contributed by atoms with Crippen molar-refractivity contribution >= 4 is 17.2 Å². The number of aryl methyl sites for hydroxylation is 2. The minimum absolute atomic E-state index is 0.175. The Morgan fingerprint density at radius 2 is 2.24 bits per heavy atom. The largest absolute Gasteiger partial charge is 0.378 e. The van der Waals surface area contributed by atoms with E-state index in [9.17, 15) is 9.59 Å². The molecule has 7 heteroatoms. The van der Waals surface area contributed by atoms with Gasteiger partial charge in [0, 0.05) is 30.3 Å². The van der Waals surface area contributed by atoms with Crippen molar-refractivity contribution in [2.45, 2.75) is 27.0 Å². The smallest absolute Gasteiger partial charge is 0.271 e. The van der Waals surface area contributed by atoms with Crippen LogP contribution in [-0.4, -0.2) is 23.0 Å². The minimum atomic E-state index is -0.298. The summed E-state index contributed by atoms with van der Waals surface area (Å²) in [6, 6.07) is 1.88. The molecule has 2 aromatic rings. The summed E-state index contributed by atoms with van der Waals surface area (Å²) >= 11 is 1.37. The maximum Gasteiger partial charge on any atom is 0.271 e. The van der Waals surface area contributed by atoms with E-state index in [-0.39, 0.29) is 18.0 Å². The van der Waals surface area contributed by atoms with E-state index in [4.69, 9.17) is 4.74 Å². The van der Waals surface area contributed by atoms with Gasteiger partial charge in [-0.25, -0.2) is 4.98 Å². The maximum absolute atomic E-state index is 12.0. The SMILES string of the molecule is COCc1nc(C(=O)NCc2c(C)cc(C)[nH]c2=O)cs1. The molecule has 0 fully saturated rings. The summed E-state index contributed by atoms with van der Waals surface area (Å²) in [5.74, 6) is -0.298. The molecule has 0 radical (unpaired) electrons. The van der Waals surface area contributed by atoms with Gasteiger partial charge in [0.05, 0.1) is 6.61 Å². The molecule has 0 aromatic carbocycles. The normalized spacial score (nSPS) is 10.6. The van der Waals surface area contributed by atoms with E-state index in [1.165, 1.54) is 11.3 Å². The van der Waals surface area contributed by atoms with Gasteiger partial charge in [-0.15, -0.1) is 11.3 Å². The molecule has 112 valence electrons. The Hall–Kier alpha value is -1.99. The molecule has 0 saturated heterocycles. The van der Waals surface area contributed by atoms with E-state index in [0.29, 0.717) is 17.9 Å². The van der Waals surface area contributed by atoms with Gasteiger partial charge in [-0.2, -0.15) is 0 Å². The quantitative estimate of drug-likeness (QED) is 0.877. The number of H-pyrrole nitrogens is 1. The molecule has 21 heavy (non-hydrogen) atoms. The van der Waals surface area contributed by atoms with Crippen LogP contribution in [0.25, 0.3) is 0 Å². The molecule has 0 atom stereocenters. The van der Waals surface area contributed by atoms with Crippen molar-refractivity contribution in [2.24, 2.45) is 0 Å². The van der Waals surface area contributed by atoms with Crippen LogP contribution in [0.2, 0.25) is 0 Å². The van der Waals surface area contributed by atoms with Crippen LogP contribution in [-0.2, 0) is 17.9 Å². The zero-order chi connectivity index (χ0) is 15.4. The van der Waals surface area contributed by atoms with Crippen LogP contribution in [0.1, 0.15) is 32.3 Å². The Morgan fingerprint density at radius 3 is 2.90 bits per heavy atom. The Labute approximate surface area is 126 Å². The van der Waals surface area contributed by atoms with Gasteiger partial charge in [0.1, 0.15) is 10.7 Å². The number of thiazole rings is 1. The van der Waals surface area contributed by atoms with Gasteiger partial charge in [0.15, 0.2) is 0 Å². The summed E-state index contributed by atoms with van der Waals surface area (Å²) in [5.41, 5.74) is 2.38. The first-order valence-corrected chi connectivity index (χ1v) is 7.30. The van der Waals surface area contributed by atoms with Crippen molar-refractivity contribution < 1.29 is 9.53 Å². The molecule has 0 bridgehead atoms. The summed E-state index contributed by atoms with van der Waals surface area (Å²) in [6.45, 7) is 4.23. The second-order valence-corrected chi connectivity index (χ2v) is 5.63. The fourth-order valence-electron chi connectivity index (χ4n) is 1.97. The fourth-order valence-corrected chi connectivity index (χ4v) is 2.71. The topological polar surface area (TPSA) is 84.1 Å². The van der Waals surface area contributed by atoms with Gasteiger partial charge >= 0.3 is 0 Å². The maximum atomic E-state index is 12.0. The lowest BCUT2D eigenvalue weighted by atomic mass is 10.1. The highest BCUT2D eigenvalue weighted by molar-refractivity contribution is 7.09. The molecule has 1 amide bonds. The van der Waals surface area contributed by atoms with Gasteiger partial charge < -0.3 is 15.0 Å². The number of nitrogens with one attached hydrogen (secondary N) is 2. The molecular weight excluding hydrogens is 290 g/mol. The Balaban J connectivity index is 2.05. The number of methoxy groups -OCH3 is 1. The third-order valence-electron chi connectivity index (χ3n) is 2.97. The number of ether oxygens (including phenoxy) is 1. The molecule has 0 unspecified atom stereocenters. The molecule has 6 nitrogen and oxygen atoms in total. The van der Waals surface area contributed by atoms with E-state index in [2.05, 4.69) is 15.3 Å². The lowest BCUT2D eigenvalue weighted by Crippen LogP contribution is -2.28. The Kier molecular flexibility index (Phi) is 4.87. The van der Waals surface area contributed by atoms with Crippen molar-refractivity contribution in [3.05, 3.63) is 49.3 Å². The molecule has 0 aliphatic carbocycles. The molecule has 0 aliphatic heterocycles. The minimum Gasteiger partial charge on any atom is -0.378 e. The van der Waals surface area contributed by atoms with Gasteiger partial charge in [-0.05, 0) is 25.5 Å². The molecule has 0 aliphatic rings. The highest BCUT2D eigenvalue weighted by Gasteiger charge is 2.12. The lowest BCUT2D eigenvalue weighted by molar-refractivity contribution is 0.0946. The van der Waals surface area contributed by atoms with Crippen molar-refractivity contribution in [1.29, 1.82) is 0 Å². The first kappa shape index (κ1) is 15.4. The average Bonchev–Trinajstić information content (AvgIpc) is 2.86. The number of carbonyl (C=O) groups is 1. The summed E-state index contributed by atoms with van der Waals surface area (Å²) < 4.78 is 4.96. The fraction of sp³-hybridized carbons (Fsp3) is 0.357. The highest BCUT2D eigenvalue weighted by Crippen LogP contribution is 2.11. The van der Waals surface area contributed by atoms with Crippen LogP contribution >= 0.6 is 11.3 Å². The molecule has 0 saturated carbocycles. The van der Waals surface area contributed by atoms with Crippen molar-refractivity contribution in [2.75, 3.05) is 7.11 Å². The Bertz CT molecular complexity index is 706. The number of carbonyl (C=O) groups excluding carboxylic acids is 1. The van der Waals surface area contributed by atoms with Crippen LogP contribution in [0.4, 0.5) is 0 Å². The zero-order valence-electron chi connectivity index (χ0n) is 12.1. The van der Waals surface area contributed by atoms with Crippen molar-refractivity contribution in [3.8, 4) is 0 Å². The van der Waals surface area contributed by atoms with Gasteiger partial charge in [0.2, 0.25) is 0 Å². The standard InChI is InChI=1S/C14H17N3O3S/c1-8-4-9(2)16-13(18)10(8)5-15-14(19)11-7-21-12(17-11)6-20-3/h4,7H,5-6H2,1-3H3,(H,15,19)(H,16,18). The Morgan fingerprint density at radius 1 is 1.48 bits per heavy atom. The first-order valence-electron chi connectivity index (χ1n) is 6.42. The van der Waals surface area contributed by atoms with Crippen molar-refractivity contribution in [1.82, 2.24) is 15.3 Å². The van der Waals surface area contributed by atoms with E-state index < -0.39 is 0 Å². The van der Waals surface area contributed by atoms with Crippen LogP contribution in [0, 0.1) is 13.8 Å². The monoisotopic (exact) mass is 307 g/mol. The third-order valence-corrected chi connectivity index (χ3v) is 3.79. The lowest BCUT2D eigenvalue weighted by Gasteiger charge is -2.07. The number of aromatic nitrogens is 2. The zero-order valence-corrected chi connectivity index (χ0v) is 13.0. The summed E-state index contributed by atoms with van der Waals surface area (Å²) in [6.07, 6.45) is 0. The van der Waals surface area contributed by atoms with Gasteiger partial charge in [-0.1, -0.05) is 0 Å². The highest BCUT2D eigenvalue weighted by atomic mass is 32.1. The average molecular weight is 307 g/mol. The van der Waals surface area contributed by atoms with Crippen molar-refractivity contribution in [3.63, 3.8) is 0 Å². The molecular formula is C14H17N3O3S. The second-order valence-electron chi connectivity index (χ2n) is 4.69. The molecule has 2 heterocycles. The molecule has 2 rings (SSSR count). The molecule has 2 aromatic heterocycles. The molecule has 0 spiro atoms. The van der Waals surface area contributed by atoms with Crippen LogP contribution in [0.15, 0.2) is 16.2 Å². The van der Waals surface area contributed by atoms with Crippen LogP contribution < -0.4 is 10.9 Å². The number of pyridine rings is 1. The number of amides is 1. The number of aromatic amines is 1. The second kappa shape index (κ2) is 6.64. The molecule has 2 N–H and O–H groups in total. The van der Waals surface area contributed by atoms with E-state index in [0.717, 1.165) is 16.3 Å². The van der Waals surface area contributed by atoms with Gasteiger partial charge in [0.25, 0.3) is 11.5 Å². The summed E-state index contributed by atoms with van der Waals surface area (Å²) in [7, 11) is 1.58. The summed E-state index contributed by atoms with van der Waals surface area (Å²) in [5, 5.41) is 5.14. The number of hydrogen-bond donors (Lipinski definition) is 2. The number of nitrogens with zero attached hydrogens (tertiary/aromatic N) is 1. The van der Waals surface area contributed by atoms with Crippen LogP contribution in [0.5, 0.6) is 0 Å². The number of rotatable bonds is 5. The third kappa shape index (κ3) is 3.77. The summed E-state index contributed by atoms with van der Waals surface area (Å²) in [4.78, 5) is 30.8.